The lowest BCUT2D eigenvalue weighted by Crippen LogP contribution is -2.16. The second-order valence-corrected chi connectivity index (χ2v) is 13.8. The number of hydrogen-bond acceptors (Lipinski definition) is 2. The third-order valence-electron chi connectivity index (χ3n) is 10.6. The maximum atomic E-state index is 6.32. The first-order chi connectivity index (χ1) is 24.0. The molecule has 2 nitrogen and oxygen atoms in total. The highest BCUT2D eigenvalue weighted by molar-refractivity contribution is 6.10. The minimum absolute atomic E-state index is 0.100. The molecule has 0 amide bonds. The van der Waals surface area contributed by atoms with Gasteiger partial charge in [-0.2, -0.15) is 0 Å². The lowest BCUT2D eigenvalue weighted by Gasteiger charge is -2.28. The molecule has 1 heterocycles. The summed E-state index contributed by atoms with van der Waals surface area (Å²) in [5.41, 5.74) is 12.9. The molecule has 1 aliphatic rings. The molecule has 8 aromatic carbocycles. The van der Waals surface area contributed by atoms with Gasteiger partial charge in [0.25, 0.3) is 0 Å². The van der Waals surface area contributed by atoms with Crippen molar-refractivity contribution >= 4 is 60.5 Å². The van der Waals surface area contributed by atoms with E-state index in [1.165, 1.54) is 49.5 Å². The Morgan fingerprint density at radius 3 is 2.04 bits per heavy atom. The molecule has 49 heavy (non-hydrogen) atoms. The summed E-state index contributed by atoms with van der Waals surface area (Å²) in [5.74, 6) is 0. The summed E-state index contributed by atoms with van der Waals surface area (Å²) < 4.78 is 6.32. The van der Waals surface area contributed by atoms with Crippen molar-refractivity contribution in [3.8, 4) is 22.3 Å². The van der Waals surface area contributed by atoms with Gasteiger partial charge in [0.05, 0.1) is 0 Å². The summed E-state index contributed by atoms with van der Waals surface area (Å²) in [6.45, 7) is 4.70. The van der Waals surface area contributed by atoms with Crippen molar-refractivity contribution in [1.82, 2.24) is 0 Å². The monoisotopic (exact) mass is 627 g/mol. The standard InChI is InChI=1S/C47H33NO/c1-47(2)43-16-7-5-14-39(43)40-23-22-38(29-44(40)47)48(36-13-9-12-32(25-36)33-19-18-30-10-3-4-11-31(30)24-33)37-21-20-34-27-42-41-15-6-8-17-45(41)49-46(42)28-35(34)26-37/h3-29H,1-2H3. The van der Waals surface area contributed by atoms with E-state index in [0.29, 0.717) is 0 Å². The number of nitrogens with zero attached hydrogens (tertiary/aromatic N) is 1. The van der Waals surface area contributed by atoms with E-state index in [-0.39, 0.29) is 5.41 Å². The van der Waals surface area contributed by atoms with E-state index in [1.807, 2.05) is 12.1 Å². The Hall–Kier alpha value is -6.12. The summed E-state index contributed by atoms with van der Waals surface area (Å²) in [6.07, 6.45) is 0. The van der Waals surface area contributed by atoms with Crippen LogP contribution in [0.1, 0.15) is 25.0 Å². The summed E-state index contributed by atoms with van der Waals surface area (Å²) in [7, 11) is 0. The fraction of sp³-hybridized carbons (Fsp3) is 0.0638. The first kappa shape index (κ1) is 27.9. The van der Waals surface area contributed by atoms with Crippen molar-refractivity contribution in [2.75, 3.05) is 4.90 Å². The van der Waals surface area contributed by atoms with Crippen molar-refractivity contribution in [2.24, 2.45) is 0 Å². The quantitative estimate of drug-likeness (QED) is 0.193. The van der Waals surface area contributed by atoms with Crippen LogP contribution in [0.4, 0.5) is 17.1 Å². The summed E-state index contributed by atoms with van der Waals surface area (Å²) >= 11 is 0. The normalized spacial score (nSPS) is 13.3. The molecule has 0 spiro atoms. The van der Waals surface area contributed by atoms with E-state index < -0.39 is 0 Å². The molecule has 232 valence electrons. The number of para-hydroxylation sites is 1. The zero-order valence-electron chi connectivity index (χ0n) is 27.4. The van der Waals surface area contributed by atoms with Crippen LogP contribution in [0.2, 0.25) is 0 Å². The molecule has 1 aromatic heterocycles. The molecule has 0 bridgehead atoms. The fourth-order valence-electron chi connectivity index (χ4n) is 8.07. The molecule has 0 fully saturated rings. The maximum Gasteiger partial charge on any atom is 0.136 e. The molecular formula is C47H33NO. The molecule has 10 rings (SSSR count). The average Bonchev–Trinajstić information content (AvgIpc) is 3.61. The third-order valence-corrected chi connectivity index (χ3v) is 10.6. The van der Waals surface area contributed by atoms with Crippen LogP contribution in [0.3, 0.4) is 0 Å². The SMILES string of the molecule is CC1(C)c2ccccc2-c2ccc(N(c3cccc(-c4ccc5ccccc5c4)c3)c3ccc4cc5c(cc4c3)oc3ccccc35)cc21. The summed E-state index contributed by atoms with van der Waals surface area (Å²) in [6, 6.07) is 59.7. The Balaban J connectivity index is 1.16. The molecule has 1 aliphatic carbocycles. The molecule has 0 aliphatic heterocycles. The Morgan fingerprint density at radius 2 is 1.10 bits per heavy atom. The molecule has 2 heteroatoms. The van der Waals surface area contributed by atoms with Gasteiger partial charge in [-0.3, -0.25) is 0 Å². The first-order valence-corrected chi connectivity index (χ1v) is 17.0. The lowest BCUT2D eigenvalue weighted by atomic mass is 9.82. The van der Waals surface area contributed by atoms with Gasteiger partial charge in [-0.05, 0) is 116 Å². The van der Waals surface area contributed by atoms with Gasteiger partial charge in [-0.1, -0.05) is 117 Å². The van der Waals surface area contributed by atoms with Crippen LogP contribution in [0.15, 0.2) is 168 Å². The van der Waals surface area contributed by atoms with Crippen molar-refractivity contribution in [3.63, 3.8) is 0 Å². The van der Waals surface area contributed by atoms with Crippen molar-refractivity contribution in [1.29, 1.82) is 0 Å². The van der Waals surface area contributed by atoms with Crippen LogP contribution in [-0.2, 0) is 5.41 Å². The van der Waals surface area contributed by atoms with E-state index in [2.05, 4.69) is 170 Å². The van der Waals surface area contributed by atoms with E-state index in [4.69, 9.17) is 4.42 Å². The minimum Gasteiger partial charge on any atom is -0.456 e. The fourth-order valence-corrected chi connectivity index (χ4v) is 8.07. The number of hydrogen-bond donors (Lipinski definition) is 0. The van der Waals surface area contributed by atoms with Gasteiger partial charge in [-0.15, -0.1) is 0 Å². The molecule has 9 aromatic rings. The number of benzene rings is 8. The van der Waals surface area contributed by atoms with Gasteiger partial charge in [0.2, 0.25) is 0 Å². The molecule has 0 radical (unpaired) electrons. The van der Waals surface area contributed by atoms with Gasteiger partial charge in [0, 0.05) is 33.2 Å². The van der Waals surface area contributed by atoms with Gasteiger partial charge < -0.3 is 9.32 Å². The first-order valence-electron chi connectivity index (χ1n) is 17.0. The van der Waals surface area contributed by atoms with E-state index in [0.717, 1.165) is 44.4 Å². The highest BCUT2D eigenvalue weighted by Crippen LogP contribution is 2.51. The van der Waals surface area contributed by atoms with E-state index >= 15 is 0 Å². The van der Waals surface area contributed by atoms with Crippen LogP contribution in [0.25, 0.3) is 65.7 Å². The number of anilines is 3. The Kier molecular flexibility index (Phi) is 5.95. The molecule has 0 saturated carbocycles. The zero-order chi connectivity index (χ0) is 32.7. The highest BCUT2D eigenvalue weighted by Gasteiger charge is 2.35. The van der Waals surface area contributed by atoms with Crippen LogP contribution < -0.4 is 4.90 Å². The summed E-state index contributed by atoms with van der Waals surface area (Å²) in [4.78, 5) is 2.41. The molecule has 0 unspecified atom stereocenters. The predicted molar refractivity (Wildman–Crippen MR) is 206 cm³/mol. The lowest BCUT2D eigenvalue weighted by molar-refractivity contribution is 0.660. The van der Waals surface area contributed by atoms with Crippen molar-refractivity contribution in [3.05, 3.63) is 175 Å². The van der Waals surface area contributed by atoms with Gasteiger partial charge in [0.15, 0.2) is 0 Å². The molecule has 0 atom stereocenters. The van der Waals surface area contributed by atoms with Crippen LogP contribution >= 0.6 is 0 Å². The van der Waals surface area contributed by atoms with Gasteiger partial charge in [0.1, 0.15) is 11.2 Å². The van der Waals surface area contributed by atoms with Crippen LogP contribution in [-0.4, -0.2) is 0 Å². The zero-order valence-corrected chi connectivity index (χ0v) is 27.4. The average molecular weight is 628 g/mol. The second kappa shape index (κ2) is 10.4. The van der Waals surface area contributed by atoms with Crippen LogP contribution in [0.5, 0.6) is 0 Å². The van der Waals surface area contributed by atoms with Crippen LogP contribution in [0, 0.1) is 0 Å². The largest absolute Gasteiger partial charge is 0.456 e. The summed E-state index contributed by atoms with van der Waals surface area (Å²) in [5, 5.41) is 7.13. The Labute approximate surface area is 285 Å². The number of fused-ring (bicyclic) bond motifs is 8. The third kappa shape index (κ3) is 4.34. The number of furan rings is 1. The second-order valence-electron chi connectivity index (χ2n) is 13.8. The van der Waals surface area contributed by atoms with Crippen molar-refractivity contribution < 1.29 is 4.42 Å². The van der Waals surface area contributed by atoms with Crippen molar-refractivity contribution in [2.45, 2.75) is 19.3 Å². The van der Waals surface area contributed by atoms with Gasteiger partial charge in [-0.25, -0.2) is 0 Å². The molecular weight excluding hydrogens is 595 g/mol. The molecule has 0 saturated heterocycles. The molecule has 0 N–H and O–H groups in total. The van der Waals surface area contributed by atoms with E-state index in [1.54, 1.807) is 0 Å². The maximum absolute atomic E-state index is 6.32. The predicted octanol–water partition coefficient (Wildman–Crippen LogP) is 13.3. The highest BCUT2D eigenvalue weighted by atomic mass is 16.3. The topological polar surface area (TPSA) is 16.4 Å². The van der Waals surface area contributed by atoms with E-state index in [9.17, 15) is 0 Å². The Morgan fingerprint density at radius 1 is 0.408 bits per heavy atom. The number of rotatable bonds is 4. The minimum atomic E-state index is -0.100. The van der Waals surface area contributed by atoms with Gasteiger partial charge >= 0.3 is 0 Å². The Bertz CT molecular complexity index is 2770. The smallest absolute Gasteiger partial charge is 0.136 e.